The lowest BCUT2D eigenvalue weighted by Gasteiger charge is -2.14. The smallest absolute Gasteiger partial charge is 0.251 e. The second-order valence-corrected chi connectivity index (χ2v) is 6.36. The van der Waals surface area contributed by atoms with Gasteiger partial charge in [0.1, 0.15) is 11.3 Å². The summed E-state index contributed by atoms with van der Waals surface area (Å²) < 4.78 is 18.6. The third kappa shape index (κ3) is 3.44. The van der Waals surface area contributed by atoms with Crippen LogP contribution in [0.2, 0.25) is 0 Å². The van der Waals surface area contributed by atoms with Gasteiger partial charge in [-0.05, 0) is 55.0 Å². The van der Waals surface area contributed by atoms with Crippen LogP contribution in [-0.4, -0.2) is 11.1 Å². The predicted octanol–water partition coefficient (Wildman–Crippen LogP) is 5.12. The lowest BCUT2D eigenvalue weighted by molar-refractivity contribution is 0.0940. The number of benzene rings is 3. The van der Waals surface area contributed by atoms with Crippen molar-refractivity contribution >= 4 is 16.8 Å². The molecule has 1 unspecified atom stereocenters. The molecule has 0 saturated heterocycles. The molecule has 0 aliphatic heterocycles. The molecule has 0 bridgehead atoms. The maximum Gasteiger partial charge on any atom is 0.251 e. The quantitative estimate of drug-likeness (QED) is 0.549. The fraction of sp³-hybridized carbons (Fsp3) is 0.0909. The fourth-order valence-corrected chi connectivity index (χ4v) is 3.00. The highest BCUT2D eigenvalue weighted by Crippen LogP contribution is 2.29. The second kappa shape index (κ2) is 7.03. The minimum atomic E-state index is -0.322. The molecule has 0 spiro atoms. The number of carbonyl (C=O) groups is 1. The summed E-state index contributed by atoms with van der Waals surface area (Å²) in [5.41, 5.74) is 2.89. The molecular formula is C22H17FN2O2. The van der Waals surface area contributed by atoms with Gasteiger partial charge in [0.05, 0.1) is 11.4 Å². The van der Waals surface area contributed by atoms with E-state index in [1.165, 1.54) is 12.1 Å². The van der Waals surface area contributed by atoms with Gasteiger partial charge in [0, 0.05) is 11.1 Å². The summed E-state index contributed by atoms with van der Waals surface area (Å²) in [4.78, 5) is 12.7. The van der Waals surface area contributed by atoms with Gasteiger partial charge in [-0.25, -0.2) is 4.39 Å². The van der Waals surface area contributed by atoms with Crippen molar-refractivity contribution in [2.24, 2.45) is 0 Å². The van der Waals surface area contributed by atoms with E-state index < -0.39 is 0 Å². The fourth-order valence-electron chi connectivity index (χ4n) is 3.00. The summed E-state index contributed by atoms with van der Waals surface area (Å²) in [6.07, 6.45) is 0. The van der Waals surface area contributed by atoms with Crippen molar-refractivity contribution in [3.63, 3.8) is 0 Å². The summed E-state index contributed by atoms with van der Waals surface area (Å²) in [5.74, 6) is 0.00723. The number of nitrogens with one attached hydrogen (secondary N) is 1. The normalized spacial score (nSPS) is 12.1. The van der Waals surface area contributed by atoms with Gasteiger partial charge in [-0.1, -0.05) is 35.5 Å². The molecule has 0 aliphatic rings. The first-order chi connectivity index (χ1) is 13.1. The van der Waals surface area contributed by atoms with E-state index in [1.807, 2.05) is 37.3 Å². The predicted molar refractivity (Wildman–Crippen MR) is 102 cm³/mol. The van der Waals surface area contributed by atoms with Crippen molar-refractivity contribution in [2.45, 2.75) is 13.0 Å². The Morgan fingerprint density at radius 1 is 1.04 bits per heavy atom. The maximum atomic E-state index is 13.2. The molecule has 1 atom stereocenters. The van der Waals surface area contributed by atoms with E-state index in [1.54, 1.807) is 30.3 Å². The Morgan fingerprint density at radius 3 is 2.52 bits per heavy atom. The highest BCUT2D eigenvalue weighted by atomic mass is 19.1. The Balaban J connectivity index is 1.63. The summed E-state index contributed by atoms with van der Waals surface area (Å²) in [5, 5.41) is 7.73. The molecule has 3 aromatic carbocycles. The van der Waals surface area contributed by atoms with E-state index in [9.17, 15) is 9.18 Å². The first-order valence-electron chi connectivity index (χ1n) is 8.63. The number of halogens is 1. The average molecular weight is 360 g/mol. The molecule has 5 heteroatoms. The molecule has 27 heavy (non-hydrogen) atoms. The van der Waals surface area contributed by atoms with Gasteiger partial charge in [-0.15, -0.1) is 0 Å². The molecule has 0 fully saturated rings. The Bertz CT molecular complexity index is 1090. The Hall–Kier alpha value is -3.47. The second-order valence-electron chi connectivity index (χ2n) is 6.36. The Morgan fingerprint density at radius 2 is 1.78 bits per heavy atom. The van der Waals surface area contributed by atoms with Crippen LogP contribution < -0.4 is 5.32 Å². The highest BCUT2D eigenvalue weighted by molar-refractivity contribution is 6.01. The van der Waals surface area contributed by atoms with E-state index in [4.69, 9.17) is 4.52 Å². The van der Waals surface area contributed by atoms with E-state index in [-0.39, 0.29) is 17.8 Å². The molecule has 4 aromatic rings. The Kier molecular flexibility index (Phi) is 4.42. The minimum Gasteiger partial charge on any atom is -0.355 e. The van der Waals surface area contributed by atoms with Crippen molar-refractivity contribution in [1.29, 1.82) is 0 Å². The molecule has 134 valence electrons. The lowest BCUT2D eigenvalue weighted by Crippen LogP contribution is -2.26. The number of aromatic nitrogens is 1. The Labute approximate surface area is 155 Å². The van der Waals surface area contributed by atoms with Crippen LogP contribution in [0.1, 0.15) is 28.9 Å². The van der Waals surface area contributed by atoms with E-state index in [2.05, 4.69) is 10.5 Å². The van der Waals surface area contributed by atoms with Crippen LogP contribution in [0, 0.1) is 5.82 Å². The molecule has 1 N–H and O–H groups in total. The van der Waals surface area contributed by atoms with Crippen LogP contribution in [0.25, 0.3) is 22.2 Å². The lowest BCUT2D eigenvalue weighted by atomic mass is 10.0. The van der Waals surface area contributed by atoms with Gasteiger partial charge < -0.3 is 9.84 Å². The van der Waals surface area contributed by atoms with Crippen LogP contribution in [0.3, 0.4) is 0 Å². The summed E-state index contributed by atoms with van der Waals surface area (Å²) >= 11 is 0. The number of hydrogen-bond donors (Lipinski definition) is 1. The maximum absolute atomic E-state index is 13.2. The van der Waals surface area contributed by atoms with Crippen LogP contribution in [0.4, 0.5) is 4.39 Å². The molecule has 1 heterocycles. The average Bonchev–Trinajstić information content (AvgIpc) is 3.12. The number of carbonyl (C=O) groups excluding carboxylic acids is 1. The standard InChI is InChI=1S/C22H17FN2O2/c1-14(15-5-3-2-4-6-15)24-22(26)17-9-12-20-19(13-17)21(27-25-20)16-7-10-18(23)11-8-16/h2-14H,1H3,(H,24,26). The van der Waals surface area contributed by atoms with Crippen molar-refractivity contribution in [1.82, 2.24) is 10.5 Å². The number of hydrogen-bond acceptors (Lipinski definition) is 3. The first-order valence-corrected chi connectivity index (χ1v) is 8.63. The zero-order valence-electron chi connectivity index (χ0n) is 14.6. The number of amides is 1. The molecule has 0 aliphatic carbocycles. The summed E-state index contributed by atoms with van der Waals surface area (Å²) in [6.45, 7) is 1.94. The largest absolute Gasteiger partial charge is 0.355 e. The molecule has 4 rings (SSSR count). The molecule has 0 radical (unpaired) electrons. The molecule has 1 aromatic heterocycles. The van der Waals surface area contributed by atoms with Gasteiger partial charge in [0.15, 0.2) is 5.76 Å². The zero-order chi connectivity index (χ0) is 18.8. The van der Waals surface area contributed by atoms with Gasteiger partial charge in [0.25, 0.3) is 5.91 Å². The third-order valence-electron chi connectivity index (χ3n) is 4.49. The van der Waals surface area contributed by atoms with Gasteiger partial charge in [0.2, 0.25) is 0 Å². The third-order valence-corrected chi connectivity index (χ3v) is 4.49. The van der Waals surface area contributed by atoms with Crippen LogP contribution in [0.5, 0.6) is 0 Å². The number of nitrogens with zero attached hydrogens (tertiary/aromatic N) is 1. The van der Waals surface area contributed by atoms with Crippen molar-refractivity contribution < 1.29 is 13.7 Å². The summed E-state index contributed by atoms with van der Waals surface area (Å²) in [7, 11) is 0. The zero-order valence-corrected chi connectivity index (χ0v) is 14.6. The minimum absolute atomic E-state index is 0.117. The van der Waals surface area contributed by atoms with Crippen molar-refractivity contribution in [2.75, 3.05) is 0 Å². The van der Waals surface area contributed by atoms with Crippen molar-refractivity contribution in [3.05, 3.63) is 89.7 Å². The van der Waals surface area contributed by atoms with Crippen LogP contribution in [0.15, 0.2) is 77.3 Å². The van der Waals surface area contributed by atoms with Crippen LogP contribution in [-0.2, 0) is 0 Å². The summed E-state index contributed by atoms with van der Waals surface area (Å²) in [6, 6.07) is 20.8. The SMILES string of the molecule is CC(NC(=O)c1ccc2noc(-c3ccc(F)cc3)c2c1)c1ccccc1. The van der Waals surface area contributed by atoms with Gasteiger partial charge in [-0.2, -0.15) is 0 Å². The number of rotatable bonds is 4. The van der Waals surface area contributed by atoms with E-state index in [0.29, 0.717) is 27.8 Å². The van der Waals surface area contributed by atoms with Gasteiger partial charge in [-0.3, -0.25) is 4.79 Å². The highest BCUT2D eigenvalue weighted by Gasteiger charge is 2.16. The first kappa shape index (κ1) is 17.0. The molecule has 1 amide bonds. The molecular weight excluding hydrogens is 343 g/mol. The van der Waals surface area contributed by atoms with E-state index in [0.717, 1.165) is 5.56 Å². The van der Waals surface area contributed by atoms with E-state index >= 15 is 0 Å². The number of fused-ring (bicyclic) bond motifs is 1. The van der Waals surface area contributed by atoms with Crippen molar-refractivity contribution in [3.8, 4) is 11.3 Å². The topological polar surface area (TPSA) is 55.1 Å². The van der Waals surface area contributed by atoms with Gasteiger partial charge >= 0.3 is 0 Å². The monoisotopic (exact) mass is 360 g/mol. The molecule has 0 saturated carbocycles. The van der Waals surface area contributed by atoms with Crippen LogP contribution >= 0.6 is 0 Å². The molecule has 4 nitrogen and oxygen atoms in total.